The van der Waals surface area contributed by atoms with E-state index in [1.54, 1.807) is 10.7 Å². The molecular formula is C9H10N4O. The first-order valence-corrected chi connectivity index (χ1v) is 4.26. The molecule has 0 saturated carbocycles. The summed E-state index contributed by atoms with van der Waals surface area (Å²) < 4.78 is 1.69. The van der Waals surface area contributed by atoms with Gasteiger partial charge in [0.2, 0.25) is 0 Å². The number of hydrogen-bond acceptors (Lipinski definition) is 3. The molecule has 14 heavy (non-hydrogen) atoms. The fourth-order valence-electron chi connectivity index (χ4n) is 1.32. The van der Waals surface area contributed by atoms with Crippen LogP contribution in [0.5, 0.6) is 0 Å². The predicted molar refractivity (Wildman–Crippen MR) is 51.5 cm³/mol. The van der Waals surface area contributed by atoms with Crippen molar-refractivity contribution in [2.75, 3.05) is 0 Å². The topological polar surface area (TPSA) is 63.6 Å². The maximum atomic E-state index is 10.8. The molecule has 0 atom stereocenters. The average molecular weight is 190 g/mol. The van der Waals surface area contributed by atoms with Crippen molar-refractivity contribution >= 4 is 0 Å². The predicted octanol–water partition coefficient (Wildman–Crippen LogP) is 0.572. The van der Waals surface area contributed by atoms with Crippen LogP contribution < -0.4 is 5.56 Å². The minimum Gasteiger partial charge on any atom is -0.268 e. The molecule has 0 aliphatic rings. The van der Waals surface area contributed by atoms with Gasteiger partial charge in [0.25, 0.3) is 5.56 Å². The van der Waals surface area contributed by atoms with Gasteiger partial charge in [-0.2, -0.15) is 10.2 Å². The highest BCUT2D eigenvalue weighted by atomic mass is 16.1. The first-order chi connectivity index (χ1) is 6.66. The van der Waals surface area contributed by atoms with Crippen molar-refractivity contribution in [2.45, 2.75) is 13.8 Å². The summed E-state index contributed by atoms with van der Waals surface area (Å²) in [4.78, 5) is 10.8. The van der Waals surface area contributed by atoms with Crippen LogP contribution in [0.25, 0.3) is 5.82 Å². The van der Waals surface area contributed by atoms with E-state index >= 15 is 0 Å². The van der Waals surface area contributed by atoms with Gasteiger partial charge in [0, 0.05) is 11.8 Å². The molecule has 0 aliphatic carbocycles. The Morgan fingerprint density at radius 2 is 2.14 bits per heavy atom. The Bertz CT molecular complexity index is 491. The summed E-state index contributed by atoms with van der Waals surface area (Å²) in [6.07, 6.45) is 0. The second-order valence-corrected chi connectivity index (χ2v) is 3.12. The van der Waals surface area contributed by atoms with E-state index in [2.05, 4.69) is 15.3 Å². The van der Waals surface area contributed by atoms with Gasteiger partial charge < -0.3 is 0 Å². The summed E-state index contributed by atoms with van der Waals surface area (Å²) >= 11 is 0. The number of aromatic amines is 1. The molecule has 0 saturated heterocycles. The summed E-state index contributed by atoms with van der Waals surface area (Å²) in [5.74, 6) is 0.621. The average Bonchev–Trinajstić information content (AvgIpc) is 2.47. The highest BCUT2D eigenvalue weighted by molar-refractivity contribution is 5.23. The van der Waals surface area contributed by atoms with Gasteiger partial charge in [-0.05, 0) is 26.0 Å². The summed E-state index contributed by atoms with van der Waals surface area (Å²) in [6, 6.07) is 5.02. The molecule has 1 N–H and O–H groups in total. The van der Waals surface area contributed by atoms with Gasteiger partial charge >= 0.3 is 0 Å². The Balaban J connectivity index is 2.54. The molecule has 0 amide bonds. The quantitative estimate of drug-likeness (QED) is 0.715. The van der Waals surface area contributed by atoms with Crippen molar-refractivity contribution in [1.29, 1.82) is 0 Å². The van der Waals surface area contributed by atoms with Crippen LogP contribution in [0.15, 0.2) is 23.0 Å². The molecular weight excluding hydrogens is 180 g/mol. The second kappa shape index (κ2) is 3.10. The Morgan fingerprint density at radius 3 is 2.64 bits per heavy atom. The fraction of sp³-hybridized carbons (Fsp3) is 0.222. The molecule has 0 spiro atoms. The van der Waals surface area contributed by atoms with E-state index in [1.165, 1.54) is 6.07 Å². The van der Waals surface area contributed by atoms with E-state index in [4.69, 9.17) is 0 Å². The Morgan fingerprint density at radius 1 is 1.36 bits per heavy atom. The zero-order valence-corrected chi connectivity index (χ0v) is 7.98. The smallest absolute Gasteiger partial charge is 0.264 e. The number of aromatic nitrogens is 4. The highest BCUT2D eigenvalue weighted by Crippen LogP contribution is 2.06. The molecule has 0 aliphatic heterocycles. The number of hydrogen-bond donors (Lipinski definition) is 1. The third-order valence-corrected chi connectivity index (χ3v) is 1.89. The van der Waals surface area contributed by atoms with Gasteiger partial charge in [0.15, 0.2) is 5.82 Å². The van der Waals surface area contributed by atoms with Crippen LogP contribution in [-0.2, 0) is 0 Å². The Labute approximate surface area is 80.4 Å². The molecule has 2 aromatic rings. The van der Waals surface area contributed by atoms with E-state index in [0.29, 0.717) is 5.82 Å². The van der Waals surface area contributed by atoms with Crippen LogP contribution >= 0.6 is 0 Å². The Kier molecular flexibility index (Phi) is 1.92. The monoisotopic (exact) mass is 190 g/mol. The van der Waals surface area contributed by atoms with Crippen molar-refractivity contribution in [3.63, 3.8) is 0 Å². The van der Waals surface area contributed by atoms with Crippen molar-refractivity contribution in [2.24, 2.45) is 0 Å². The van der Waals surface area contributed by atoms with E-state index in [1.807, 2.05) is 19.9 Å². The van der Waals surface area contributed by atoms with E-state index in [9.17, 15) is 4.79 Å². The van der Waals surface area contributed by atoms with Crippen LogP contribution in [0.4, 0.5) is 0 Å². The SMILES string of the molecule is Cc1cc(C)n(-c2ccc(=O)[nH]n2)n1. The molecule has 0 fully saturated rings. The van der Waals surface area contributed by atoms with Gasteiger partial charge in [-0.3, -0.25) is 4.79 Å². The highest BCUT2D eigenvalue weighted by Gasteiger charge is 2.03. The van der Waals surface area contributed by atoms with Crippen LogP contribution in [0.2, 0.25) is 0 Å². The van der Waals surface area contributed by atoms with E-state index in [0.717, 1.165) is 11.4 Å². The summed E-state index contributed by atoms with van der Waals surface area (Å²) in [7, 11) is 0. The van der Waals surface area contributed by atoms with Gasteiger partial charge in [-0.1, -0.05) is 0 Å². The van der Waals surface area contributed by atoms with Crippen LogP contribution in [0.1, 0.15) is 11.4 Å². The molecule has 5 nitrogen and oxygen atoms in total. The lowest BCUT2D eigenvalue weighted by atomic mass is 10.4. The van der Waals surface area contributed by atoms with Crippen molar-refractivity contribution < 1.29 is 0 Å². The molecule has 0 unspecified atom stereocenters. The van der Waals surface area contributed by atoms with Crippen LogP contribution in [0.3, 0.4) is 0 Å². The van der Waals surface area contributed by atoms with E-state index in [-0.39, 0.29) is 5.56 Å². The second-order valence-electron chi connectivity index (χ2n) is 3.12. The zero-order chi connectivity index (χ0) is 10.1. The number of rotatable bonds is 1. The standard InChI is InChI=1S/C9H10N4O/c1-6-5-7(2)13(12-6)8-3-4-9(14)11-10-8/h3-5H,1-2H3,(H,11,14). The molecule has 2 heterocycles. The number of aryl methyl sites for hydroxylation is 2. The molecule has 5 heteroatoms. The first-order valence-electron chi connectivity index (χ1n) is 4.26. The van der Waals surface area contributed by atoms with Gasteiger partial charge in [-0.25, -0.2) is 9.78 Å². The largest absolute Gasteiger partial charge is 0.268 e. The molecule has 72 valence electrons. The first kappa shape index (κ1) is 8.68. The molecule has 2 aromatic heterocycles. The van der Waals surface area contributed by atoms with Crippen LogP contribution in [0, 0.1) is 13.8 Å². The lowest BCUT2D eigenvalue weighted by Crippen LogP contribution is -2.10. The molecule has 0 radical (unpaired) electrons. The van der Waals surface area contributed by atoms with Crippen LogP contribution in [-0.4, -0.2) is 20.0 Å². The van der Waals surface area contributed by atoms with E-state index < -0.39 is 0 Å². The lowest BCUT2D eigenvalue weighted by molar-refractivity contribution is 0.776. The molecule has 0 aromatic carbocycles. The van der Waals surface area contributed by atoms with Crippen molar-refractivity contribution in [1.82, 2.24) is 20.0 Å². The van der Waals surface area contributed by atoms with Crippen molar-refractivity contribution in [3.8, 4) is 5.82 Å². The lowest BCUT2D eigenvalue weighted by Gasteiger charge is -2.00. The summed E-state index contributed by atoms with van der Waals surface area (Å²) in [5, 5.41) is 10.5. The normalized spacial score (nSPS) is 10.4. The number of H-pyrrole nitrogens is 1. The van der Waals surface area contributed by atoms with Gasteiger partial charge in [0.1, 0.15) is 0 Å². The minimum absolute atomic E-state index is 0.213. The number of nitrogens with zero attached hydrogens (tertiary/aromatic N) is 3. The van der Waals surface area contributed by atoms with Crippen molar-refractivity contribution in [3.05, 3.63) is 39.9 Å². The van der Waals surface area contributed by atoms with Gasteiger partial charge in [-0.15, -0.1) is 0 Å². The molecule has 0 bridgehead atoms. The fourth-order valence-corrected chi connectivity index (χ4v) is 1.32. The summed E-state index contributed by atoms with van der Waals surface area (Å²) in [6.45, 7) is 3.85. The third-order valence-electron chi connectivity index (χ3n) is 1.89. The maximum absolute atomic E-state index is 10.8. The molecule has 2 rings (SSSR count). The maximum Gasteiger partial charge on any atom is 0.264 e. The zero-order valence-electron chi connectivity index (χ0n) is 7.98. The summed E-state index contributed by atoms with van der Waals surface area (Å²) in [5.41, 5.74) is 1.70. The third kappa shape index (κ3) is 1.44. The van der Waals surface area contributed by atoms with Gasteiger partial charge in [0.05, 0.1) is 5.69 Å². The number of nitrogens with one attached hydrogen (secondary N) is 1. The minimum atomic E-state index is -0.213. The Hall–Kier alpha value is -1.91.